The van der Waals surface area contributed by atoms with Crippen molar-refractivity contribution in [3.05, 3.63) is 0 Å². The van der Waals surface area contributed by atoms with Crippen LogP contribution >= 0.6 is 12.4 Å². The third-order valence-corrected chi connectivity index (χ3v) is 4.67. The molecule has 4 rings (SSSR count). The molecule has 0 aromatic carbocycles. The van der Waals surface area contributed by atoms with Gasteiger partial charge in [0.1, 0.15) is 0 Å². The summed E-state index contributed by atoms with van der Waals surface area (Å²) in [6, 6.07) is 0.794. The van der Waals surface area contributed by atoms with Gasteiger partial charge < -0.3 is 0 Å². The predicted molar refractivity (Wildman–Crippen MR) is 64.9 cm³/mol. The first-order chi connectivity index (χ1) is 6.86. The highest BCUT2D eigenvalue weighted by Crippen LogP contribution is 2.53. The molecule has 0 unspecified atom stereocenters. The van der Waals surface area contributed by atoms with Gasteiger partial charge in [0.15, 0.2) is 0 Å². The SMILES string of the molecule is CCNNC1C2CC3CC(C2)CC1C3.Cl. The highest BCUT2D eigenvalue weighted by atomic mass is 35.5. The molecule has 0 heterocycles. The van der Waals surface area contributed by atoms with Crippen molar-refractivity contribution in [1.82, 2.24) is 10.9 Å². The van der Waals surface area contributed by atoms with E-state index >= 15 is 0 Å². The van der Waals surface area contributed by atoms with Crippen molar-refractivity contribution in [2.24, 2.45) is 23.7 Å². The van der Waals surface area contributed by atoms with E-state index in [0.29, 0.717) is 0 Å². The van der Waals surface area contributed by atoms with Crippen molar-refractivity contribution in [2.45, 2.75) is 45.1 Å². The van der Waals surface area contributed by atoms with Crippen molar-refractivity contribution >= 4 is 12.4 Å². The number of rotatable bonds is 3. The van der Waals surface area contributed by atoms with E-state index in [-0.39, 0.29) is 12.4 Å². The Balaban J connectivity index is 0.000000853. The Labute approximate surface area is 99.0 Å². The monoisotopic (exact) mass is 230 g/mol. The second kappa shape index (κ2) is 4.60. The van der Waals surface area contributed by atoms with Crippen LogP contribution in [0, 0.1) is 23.7 Å². The van der Waals surface area contributed by atoms with Gasteiger partial charge in [-0.1, -0.05) is 6.92 Å². The molecule has 15 heavy (non-hydrogen) atoms. The molecule has 0 aromatic rings. The van der Waals surface area contributed by atoms with Crippen molar-refractivity contribution in [1.29, 1.82) is 0 Å². The summed E-state index contributed by atoms with van der Waals surface area (Å²) in [5.74, 6) is 4.17. The number of hydrazine groups is 1. The minimum absolute atomic E-state index is 0. The van der Waals surface area contributed by atoms with Crippen LogP contribution in [0.15, 0.2) is 0 Å². The Morgan fingerprint density at radius 2 is 1.47 bits per heavy atom. The number of hydrogen-bond donors (Lipinski definition) is 2. The van der Waals surface area contributed by atoms with Crippen LogP contribution in [-0.2, 0) is 0 Å². The minimum atomic E-state index is 0. The highest BCUT2D eigenvalue weighted by molar-refractivity contribution is 5.85. The molecule has 4 bridgehead atoms. The van der Waals surface area contributed by atoms with Crippen LogP contribution in [0.5, 0.6) is 0 Å². The van der Waals surface area contributed by atoms with Crippen LogP contribution in [0.2, 0.25) is 0 Å². The fourth-order valence-corrected chi connectivity index (χ4v) is 4.38. The Hall–Kier alpha value is 0.210. The molecule has 4 aliphatic carbocycles. The average Bonchev–Trinajstić information content (AvgIpc) is 2.15. The molecule has 0 aromatic heterocycles. The minimum Gasteiger partial charge on any atom is -0.258 e. The summed E-state index contributed by atoms with van der Waals surface area (Å²) in [6.07, 6.45) is 7.60. The van der Waals surface area contributed by atoms with Crippen LogP contribution in [0.1, 0.15) is 39.0 Å². The molecule has 0 radical (unpaired) electrons. The first kappa shape index (κ1) is 11.7. The largest absolute Gasteiger partial charge is 0.258 e. The molecule has 2 nitrogen and oxygen atoms in total. The van der Waals surface area contributed by atoms with Crippen molar-refractivity contribution in [3.8, 4) is 0 Å². The van der Waals surface area contributed by atoms with Crippen molar-refractivity contribution < 1.29 is 0 Å². The van der Waals surface area contributed by atoms with E-state index in [1.165, 1.54) is 25.7 Å². The second-order valence-electron chi connectivity index (χ2n) is 5.63. The second-order valence-corrected chi connectivity index (χ2v) is 5.63. The number of hydrogen-bond acceptors (Lipinski definition) is 2. The summed E-state index contributed by atoms with van der Waals surface area (Å²) < 4.78 is 0. The Morgan fingerprint density at radius 3 is 1.93 bits per heavy atom. The zero-order chi connectivity index (χ0) is 9.54. The van der Waals surface area contributed by atoms with Gasteiger partial charge >= 0.3 is 0 Å². The summed E-state index contributed by atoms with van der Waals surface area (Å²) >= 11 is 0. The Morgan fingerprint density at radius 1 is 0.933 bits per heavy atom. The first-order valence-electron chi connectivity index (χ1n) is 6.35. The number of nitrogens with one attached hydrogen (secondary N) is 2. The molecule has 0 saturated heterocycles. The van der Waals surface area contributed by atoms with Crippen molar-refractivity contribution in [3.63, 3.8) is 0 Å². The molecule has 0 aliphatic heterocycles. The molecule has 0 atom stereocenters. The fourth-order valence-electron chi connectivity index (χ4n) is 4.38. The van der Waals surface area contributed by atoms with Crippen LogP contribution < -0.4 is 10.9 Å². The molecule has 4 aliphatic rings. The lowest BCUT2D eigenvalue weighted by Crippen LogP contribution is -2.57. The van der Waals surface area contributed by atoms with Gasteiger partial charge in [0.2, 0.25) is 0 Å². The summed E-state index contributed by atoms with van der Waals surface area (Å²) in [6.45, 7) is 3.21. The average molecular weight is 231 g/mol. The maximum atomic E-state index is 3.56. The lowest BCUT2D eigenvalue weighted by atomic mass is 9.54. The molecule has 88 valence electrons. The molecular weight excluding hydrogens is 208 g/mol. The van der Waals surface area contributed by atoms with Crippen LogP contribution in [0.4, 0.5) is 0 Å². The van der Waals surface area contributed by atoms with Gasteiger partial charge in [-0.25, -0.2) is 0 Å². The van der Waals surface area contributed by atoms with Crippen LogP contribution in [0.25, 0.3) is 0 Å². The molecule has 4 fully saturated rings. The standard InChI is InChI=1S/C12H22N2.ClH/c1-2-13-14-12-10-4-8-3-9(6-10)7-11(12)5-8;/h8-14H,2-7H2,1H3;1H. The quantitative estimate of drug-likeness (QED) is 0.728. The molecule has 0 spiro atoms. The van der Waals surface area contributed by atoms with Crippen LogP contribution in [0.3, 0.4) is 0 Å². The van der Waals surface area contributed by atoms with Crippen LogP contribution in [-0.4, -0.2) is 12.6 Å². The molecule has 4 saturated carbocycles. The normalized spacial score (nSPS) is 46.6. The van der Waals surface area contributed by atoms with E-state index in [2.05, 4.69) is 17.8 Å². The zero-order valence-electron chi connectivity index (χ0n) is 9.54. The third kappa shape index (κ3) is 2.04. The van der Waals surface area contributed by atoms with E-state index in [9.17, 15) is 0 Å². The van der Waals surface area contributed by atoms with Gasteiger partial charge in [-0.2, -0.15) is 0 Å². The molecule has 0 amide bonds. The highest BCUT2D eigenvalue weighted by Gasteiger charge is 2.47. The van der Waals surface area contributed by atoms with Gasteiger partial charge in [0.25, 0.3) is 0 Å². The maximum absolute atomic E-state index is 3.56. The molecular formula is C12H23ClN2. The van der Waals surface area contributed by atoms with E-state index in [1.807, 2.05) is 0 Å². The van der Waals surface area contributed by atoms with Gasteiger partial charge in [-0.15, -0.1) is 12.4 Å². The van der Waals surface area contributed by atoms with Gasteiger partial charge in [-0.3, -0.25) is 10.9 Å². The van der Waals surface area contributed by atoms with Gasteiger partial charge in [0, 0.05) is 12.6 Å². The predicted octanol–water partition coefficient (Wildman–Crippen LogP) is 2.35. The summed E-state index contributed by atoms with van der Waals surface area (Å²) in [5.41, 5.74) is 6.89. The van der Waals surface area contributed by atoms with E-state index in [4.69, 9.17) is 0 Å². The number of halogens is 1. The lowest BCUT2D eigenvalue weighted by molar-refractivity contribution is -0.0184. The molecule has 3 heteroatoms. The summed E-state index contributed by atoms with van der Waals surface area (Å²) in [4.78, 5) is 0. The first-order valence-corrected chi connectivity index (χ1v) is 6.35. The summed E-state index contributed by atoms with van der Waals surface area (Å²) in [5, 5.41) is 0. The van der Waals surface area contributed by atoms with E-state index < -0.39 is 0 Å². The zero-order valence-corrected chi connectivity index (χ0v) is 10.4. The van der Waals surface area contributed by atoms with Crippen molar-refractivity contribution in [2.75, 3.05) is 6.54 Å². The fraction of sp³-hybridized carbons (Fsp3) is 1.00. The smallest absolute Gasteiger partial charge is 0.0269 e. The van der Waals surface area contributed by atoms with E-state index in [0.717, 1.165) is 36.3 Å². The third-order valence-electron chi connectivity index (χ3n) is 4.67. The molecule has 2 N–H and O–H groups in total. The van der Waals surface area contributed by atoms with Gasteiger partial charge in [-0.05, 0) is 55.8 Å². The Bertz CT molecular complexity index is 192. The van der Waals surface area contributed by atoms with Gasteiger partial charge in [0.05, 0.1) is 0 Å². The Kier molecular flexibility index (Phi) is 3.59. The maximum Gasteiger partial charge on any atom is 0.0269 e. The lowest BCUT2D eigenvalue weighted by Gasteiger charge is -2.54. The topological polar surface area (TPSA) is 24.1 Å². The van der Waals surface area contributed by atoms with E-state index in [1.54, 1.807) is 6.42 Å². The summed E-state index contributed by atoms with van der Waals surface area (Å²) in [7, 11) is 0.